The third-order valence-electron chi connectivity index (χ3n) is 4.36. The fourth-order valence-electron chi connectivity index (χ4n) is 3.14. The minimum atomic E-state index is 0.309. The first-order valence-electron chi connectivity index (χ1n) is 7.24. The SMILES string of the molecule is COc1ccc(C2CCc3c(ccc(OC)c3O)C2)cc1. The van der Waals surface area contributed by atoms with Crippen LogP contribution in [-0.4, -0.2) is 19.3 Å². The highest BCUT2D eigenvalue weighted by atomic mass is 16.5. The van der Waals surface area contributed by atoms with E-state index in [1.54, 1.807) is 14.2 Å². The smallest absolute Gasteiger partial charge is 0.161 e. The van der Waals surface area contributed by atoms with E-state index in [1.807, 2.05) is 18.2 Å². The molecule has 0 aliphatic heterocycles. The summed E-state index contributed by atoms with van der Waals surface area (Å²) in [5.74, 6) is 2.26. The van der Waals surface area contributed by atoms with E-state index < -0.39 is 0 Å². The van der Waals surface area contributed by atoms with Gasteiger partial charge in [0.25, 0.3) is 0 Å². The lowest BCUT2D eigenvalue weighted by atomic mass is 9.80. The van der Waals surface area contributed by atoms with Crippen LogP contribution < -0.4 is 9.47 Å². The van der Waals surface area contributed by atoms with Crippen molar-refractivity contribution in [3.8, 4) is 17.2 Å². The molecule has 0 aromatic heterocycles. The van der Waals surface area contributed by atoms with Gasteiger partial charge in [0.1, 0.15) is 5.75 Å². The van der Waals surface area contributed by atoms with Crippen LogP contribution in [0.5, 0.6) is 17.2 Å². The van der Waals surface area contributed by atoms with Crippen LogP contribution >= 0.6 is 0 Å². The van der Waals surface area contributed by atoms with E-state index >= 15 is 0 Å². The van der Waals surface area contributed by atoms with Crippen LogP contribution in [-0.2, 0) is 12.8 Å². The zero-order valence-electron chi connectivity index (χ0n) is 12.4. The Balaban J connectivity index is 1.85. The summed E-state index contributed by atoms with van der Waals surface area (Å²) >= 11 is 0. The van der Waals surface area contributed by atoms with Gasteiger partial charge >= 0.3 is 0 Å². The maximum atomic E-state index is 10.2. The van der Waals surface area contributed by atoms with Gasteiger partial charge in [-0.3, -0.25) is 0 Å². The van der Waals surface area contributed by atoms with Crippen molar-refractivity contribution in [2.24, 2.45) is 0 Å². The Hall–Kier alpha value is -2.16. The molecule has 0 saturated heterocycles. The van der Waals surface area contributed by atoms with E-state index in [2.05, 4.69) is 18.2 Å². The van der Waals surface area contributed by atoms with Crippen LogP contribution in [0.25, 0.3) is 0 Å². The van der Waals surface area contributed by atoms with Gasteiger partial charge in [0.2, 0.25) is 0 Å². The van der Waals surface area contributed by atoms with E-state index in [4.69, 9.17) is 9.47 Å². The number of benzene rings is 2. The Morgan fingerprint density at radius 3 is 2.43 bits per heavy atom. The molecule has 1 N–H and O–H groups in total. The molecule has 0 fully saturated rings. The lowest BCUT2D eigenvalue weighted by Gasteiger charge is -2.26. The Kier molecular flexibility index (Phi) is 3.74. The van der Waals surface area contributed by atoms with Gasteiger partial charge in [-0.25, -0.2) is 0 Å². The molecule has 0 spiro atoms. The van der Waals surface area contributed by atoms with E-state index in [0.717, 1.165) is 30.6 Å². The second-order valence-electron chi connectivity index (χ2n) is 5.47. The van der Waals surface area contributed by atoms with Crippen molar-refractivity contribution in [3.63, 3.8) is 0 Å². The minimum absolute atomic E-state index is 0.309. The third kappa shape index (κ3) is 2.56. The first-order chi connectivity index (χ1) is 10.2. The molecule has 110 valence electrons. The number of aromatic hydroxyl groups is 1. The van der Waals surface area contributed by atoms with Gasteiger partial charge in [-0.1, -0.05) is 18.2 Å². The summed E-state index contributed by atoms with van der Waals surface area (Å²) in [5.41, 5.74) is 3.59. The summed E-state index contributed by atoms with van der Waals surface area (Å²) in [6, 6.07) is 12.2. The Bertz CT molecular complexity index is 632. The molecule has 0 bridgehead atoms. The standard InChI is InChI=1S/C18H20O3/c1-20-15-7-3-12(4-8-15)13-5-9-16-14(11-13)6-10-17(21-2)18(16)19/h3-4,6-8,10,13,19H,5,9,11H2,1-2H3. The van der Waals surface area contributed by atoms with Gasteiger partial charge in [-0.15, -0.1) is 0 Å². The summed E-state index contributed by atoms with van der Waals surface area (Å²) in [5, 5.41) is 10.2. The number of fused-ring (bicyclic) bond motifs is 1. The molecule has 3 nitrogen and oxygen atoms in total. The van der Waals surface area contributed by atoms with Crippen molar-refractivity contribution < 1.29 is 14.6 Å². The number of phenols is 1. The molecule has 0 heterocycles. The van der Waals surface area contributed by atoms with Crippen LogP contribution in [0, 0.1) is 0 Å². The van der Waals surface area contributed by atoms with Crippen LogP contribution in [0.15, 0.2) is 36.4 Å². The number of rotatable bonds is 3. The average Bonchev–Trinajstić information content (AvgIpc) is 2.55. The van der Waals surface area contributed by atoms with Gasteiger partial charge in [0.05, 0.1) is 14.2 Å². The molecule has 1 atom stereocenters. The zero-order chi connectivity index (χ0) is 14.8. The lowest BCUT2D eigenvalue weighted by molar-refractivity contribution is 0.367. The molecule has 1 aliphatic carbocycles. The van der Waals surface area contributed by atoms with Crippen LogP contribution in [0.1, 0.15) is 29.0 Å². The summed E-state index contributed by atoms with van der Waals surface area (Å²) in [6.45, 7) is 0. The maximum Gasteiger partial charge on any atom is 0.161 e. The molecule has 1 unspecified atom stereocenters. The summed E-state index contributed by atoms with van der Waals surface area (Å²) in [7, 11) is 3.27. The molecular formula is C18H20O3. The van der Waals surface area contributed by atoms with Crippen molar-refractivity contribution in [1.29, 1.82) is 0 Å². The molecule has 1 aliphatic rings. The highest BCUT2D eigenvalue weighted by Gasteiger charge is 2.23. The molecule has 0 radical (unpaired) electrons. The normalized spacial score (nSPS) is 17.1. The van der Waals surface area contributed by atoms with Gasteiger partial charge in [-0.2, -0.15) is 0 Å². The number of hydrogen-bond donors (Lipinski definition) is 1. The Morgan fingerprint density at radius 2 is 1.76 bits per heavy atom. The summed E-state index contributed by atoms with van der Waals surface area (Å²) in [6.07, 6.45) is 2.88. The van der Waals surface area contributed by atoms with Gasteiger partial charge in [0, 0.05) is 5.56 Å². The van der Waals surface area contributed by atoms with Crippen LogP contribution in [0.2, 0.25) is 0 Å². The molecule has 3 rings (SSSR count). The number of methoxy groups -OCH3 is 2. The van der Waals surface area contributed by atoms with E-state index in [-0.39, 0.29) is 0 Å². The molecular weight excluding hydrogens is 264 g/mol. The molecule has 3 heteroatoms. The Labute approximate surface area is 125 Å². The Morgan fingerprint density at radius 1 is 1.00 bits per heavy atom. The third-order valence-corrected chi connectivity index (χ3v) is 4.36. The van der Waals surface area contributed by atoms with Crippen molar-refractivity contribution in [2.45, 2.75) is 25.2 Å². The van der Waals surface area contributed by atoms with Crippen molar-refractivity contribution in [1.82, 2.24) is 0 Å². The van der Waals surface area contributed by atoms with E-state index in [1.165, 1.54) is 11.1 Å². The fraction of sp³-hybridized carbons (Fsp3) is 0.333. The van der Waals surface area contributed by atoms with Crippen molar-refractivity contribution in [3.05, 3.63) is 53.1 Å². The van der Waals surface area contributed by atoms with Crippen molar-refractivity contribution in [2.75, 3.05) is 14.2 Å². The predicted molar refractivity (Wildman–Crippen MR) is 82.4 cm³/mol. The summed E-state index contributed by atoms with van der Waals surface area (Å²) in [4.78, 5) is 0. The number of ether oxygens (including phenoxy) is 2. The number of hydrogen-bond acceptors (Lipinski definition) is 3. The maximum absolute atomic E-state index is 10.2. The second kappa shape index (κ2) is 5.68. The van der Waals surface area contributed by atoms with Gasteiger partial charge < -0.3 is 14.6 Å². The molecule has 0 saturated carbocycles. The minimum Gasteiger partial charge on any atom is -0.504 e. The molecule has 2 aromatic rings. The lowest BCUT2D eigenvalue weighted by Crippen LogP contribution is -2.13. The highest BCUT2D eigenvalue weighted by Crippen LogP contribution is 2.40. The summed E-state index contributed by atoms with van der Waals surface area (Å²) < 4.78 is 10.4. The topological polar surface area (TPSA) is 38.7 Å². The fourth-order valence-corrected chi connectivity index (χ4v) is 3.14. The van der Waals surface area contributed by atoms with Crippen LogP contribution in [0.4, 0.5) is 0 Å². The second-order valence-corrected chi connectivity index (χ2v) is 5.47. The quantitative estimate of drug-likeness (QED) is 0.934. The highest BCUT2D eigenvalue weighted by molar-refractivity contribution is 5.51. The van der Waals surface area contributed by atoms with E-state index in [0.29, 0.717) is 17.4 Å². The first-order valence-corrected chi connectivity index (χ1v) is 7.24. The zero-order valence-corrected chi connectivity index (χ0v) is 12.4. The van der Waals surface area contributed by atoms with Crippen molar-refractivity contribution >= 4 is 0 Å². The monoisotopic (exact) mass is 284 g/mol. The molecule has 21 heavy (non-hydrogen) atoms. The molecule has 2 aromatic carbocycles. The predicted octanol–water partition coefficient (Wildman–Crippen LogP) is 3.68. The van der Waals surface area contributed by atoms with Crippen LogP contribution in [0.3, 0.4) is 0 Å². The van der Waals surface area contributed by atoms with E-state index in [9.17, 15) is 5.11 Å². The van der Waals surface area contributed by atoms with Gasteiger partial charge in [-0.05, 0) is 54.5 Å². The average molecular weight is 284 g/mol. The largest absolute Gasteiger partial charge is 0.504 e. The molecule has 0 amide bonds. The first kappa shape index (κ1) is 13.8. The van der Waals surface area contributed by atoms with Gasteiger partial charge in [0.15, 0.2) is 11.5 Å². The number of phenolic OH excluding ortho intramolecular Hbond substituents is 1.